The summed E-state index contributed by atoms with van der Waals surface area (Å²) in [6, 6.07) is 13.3. The largest absolute Gasteiger partial charge is 0.497 e. The molecular weight excluding hydrogens is 272 g/mol. The van der Waals surface area contributed by atoms with Gasteiger partial charge in [-0.3, -0.25) is 4.79 Å². The van der Waals surface area contributed by atoms with Crippen molar-refractivity contribution in [1.82, 2.24) is 0 Å². The van der Waals surface area contributed by atoms with Crippen molar-refractivity contribution < 1.29 is 14.3 Å². The van der Waals surface area contributed by atoms with Crippen LogP contribution in [-0.2, 0) is 5.75 Å². The molecule has 0 atom stereocenters. The lowest BCUT2D eigenvalue weighted by atomic mass is 10.1. The van der Waals surface area contributed by atoms with Gasteiger partial charge in [0.2, 0.25) is 0 Å². The first-order chi connectivity index (χ1) is 9.76. The molecule has 0 aromatic heterocycles. The first-order valence-electron chi connectivity index (χ1n) is 6.15. The summed E-state index contributed by atoms with van der Waals surface area (Å²) in [4.78, 5) is 12.0. The first-order valence-corrected chi connectivity index (χ1v) is 7.14. The van der Waals surface area contributed by atoms with Gasteiger partial charge in [-0.25, -0.2) is 0 Å². The van der Waals surface area contributed by atoms with Crippen LogP contribution < -0.4 is 9.47 Å². The first kappa shape index (κ1) is 14.5. The van der Waals surface area contributed by atoms with Gasteiger partial charge in [-0.1, -0.05) is 6.07 Å². The number of rotatable bonds is 6. The van der Waals surface area contributed by atoms with Crippen LogP contribution in [0, 0.1) is 0 Å². The van der Waals surface area contributed by atoms with Crippen molar-refractivity contribution in [2.75, 3.05) is 14.2 Å². The average molecular weight is 288 g/mol. The van der Waals surface area contributed by atoms with E-state index in [9.17, 15) is 4.79 Å². The number of thioether (sulfide) groups is 1. The van der Waals surface area contributed by atoms with Crippen LogP contribution in [0.15, 0.2) is 47.4 Å². The summed E-state index contributed by atoms with van der Waals surface area (Å²) < 4.78 is 10.5. The zero-order valence-corrected chi connectivity index (χ0v) is 12.3. The minimum atomic E-state index is 0.659. The molecule has 0 N–H and O–H groups in total. The van der Waals surface area contributed by atoms with E-state index in [1.54, 1.807) is 32.0 Å². The number of hydrogen-bond donors (Lipinski definition) is 0. The number of hydrogen-bond acceptors (Lipinski definition) is 4. The number of aldehydes is 1. The minimum Gasteiger partial charge on any atom is -0.497 e. The Balaban J connectivity index is 2.14. The van der Waals surface area contributed by atoms with Gasteiger partial charge < -0.3 is 9.47 Å². The summed E-state index contributed by atoms with van der Waals surface area (Å²) in [5, 5.41) is 0. The molecule has 0 aliphatic rings. The molecule has 2 rings (SSSR count). The zero-order chi connectivity index (χ0) is 14.4. The number of ether oxygens (including phenoxy) is 2. The smallest absolute Gasteiger partial charge is 0.150 e. The lowest BCUT2D eigenvalue weighted by molar-refractivity contribution is 0.112. The van der Waals surface area contributed by atoms with E-state index in [-0.39, 0.29) is 0 Å². The summed E-state index contributed by atoms with van der Waals surface area (Å²) in [5.74, 6) is 2.37. The van der Waals surface area contributed by atoms with E-state index in [0.717, 1.165) is 34.0 Å². The van der Waals surface area contributed by atoms with Gasteiger partial charge in [0.25, 0.3) is 0 Å². The molecule has 0 unspecified atom stereocenters. The van der Waals surface area contributed by atoms with Crippen LogP contribution in [0.3, 0.4) is 0 Å². The molecule has 20 heavy (non-hydrogen) atoms. The Bertz CT molecular complexity index is 596. The molecule has 0 aliphatic carbocycles. The van der Waals surface area contributed by atoms with Crippen LogP contribution in [0.25, 0.3) is 0 Å². The van der Waals surface area contributed by atoms with Crippen molar-refractivity contribution >= 4 is 18.0 Å². The van der Waals surface area contributed by atoms with Crippen LogP contribution in [-0.4, -0.2) is 20.5 Å². The Labute approximate surface area is 122 Å². The summed E-state index contributed by atoms with van der Waals surface area (Å²) >= 11 is 1.68. The molecule has 2 aromatic carbocycles. The second kappa shape index (κ2) is 7.01. The van der Waals surface area contributed by atoms with Crippen LogP contribution in [0.5, 0.6) is 11.5 Å². The molecule has 0 bridgehead atoms. The molecule has 3 nitrogen and oxygen atoms in total. The van der Waals surface area contributed by atoms with E-state index >= 15 is 0 Å². The van der Waals surface area contributed by atoms with E-state index in [4.69, 9.17) is 9.47 Å². The van der Waals surface area contributed by atoms with Gasteiger partial charge in [0, 0.05) is 21.8 Å². The quantitative estimate of drug-likeness (QED) is 0.598. The third kappa shape index (κ3) is 3.54. The highest BCUT2D eigenvalue weighted by Gasteiger charge is 2.06. The van der Waals surface area contributed by atoms with Gasteiger partial charge in [0.05, 0.1) is 14.2 Å². The van der Waals surface area contributed by atoms with E-state index in [2.05, 4.69) is 0 Å². The van der Waals surface area contributed by atoms with Crippen molar-refractivity contribution in [3.05, 3.63) is 53.6 Å². The monoisotopic (exact) mass is 288 g/mol. The van der Waals surface area contributed by atoms with Crippen LogP contribution in [0.4, 0.5) is 0 Å². The van der Waals surface area contributed by atoms with E-state index in [1.165, 1.54) is 0 Å². The molecule has 4 heteroatoms. The lowest BCUT2D eigenvalue weighted by Gasteiger charge is -2.09. The second-order valence-corrected chi connectivity index (χ2v) is 5.21. The van der Waals surface area contributed by atoms with Gasteiger partial charge in [-0.15, -0.1) is 11.8 Å². The van der Waals surface area contributed by atoms with Crippen molar-refractivity contribution in [3.8, 4) is 11.5 Å². The van der Waals surface area contributed by atoms with Crippen LogP contribution >= 0.6 is 11.8 Å². The standard InChI is InChI=1S/C16H16O3S/c1-18-14-4-3-5-15(9-14)20-11-13-8-12(10-17)6-7-16(13)19-2/h3-10H,11H2,1-2H3. The van der Waals surface area contributed by atoms with E-state index in [1.807, 2.05) is 36.4 Å². The summed E-state index contributed by atoms with van der Waals surface area (Å²) in [5.41, 5.74) is 1.66. The highest BCUT2D eigenvalue weighted by Crippen LogP contribution is 2.30. The van der Waals surface area contributed by atoms with Gasteiger partial charge in [-0.05, 0) is 36.4 Å². The van der Waals surface area contributed by atoms with Crippen molar-refractivity contribution in [1.29, 1.82) is 0 Å². The van der Waals surface area contributed by atoms with Gasteiger partial charge in [0.15, 0.2) is 0 Å². The Morgan fingerprint density at radius 1 is 1.10 bits per heavy atom. The normalized spacial score (nSPS) is 10.1. The molecule has 0 spiro atoms. The molecule has 0 saturated carbocycles. The second-order valence-electron chi connectivity index (χ2n) is 4.16. The minimum absolute atomic E-state index is 0.659. The number of carbonyl (C=O) groups excluding carboxylic acids is 1. The summed E-state index contributed by atoms with van der Waals surface area (Å²) in [7, 11) is 3.29. The maximum Gasteiger partial charge on any atom is 0.150 e. The van der Waals surface area contributed by atoms with E-state index in [0.29, 0.717) is 5.56 Å². The molecule has 0 aliphatic heterocycles. The number of carbonyl (C=O) groups is 1. The molecule has 0 saturated heterocycles. The third-order valence-electron chi connectivity index (χ3n) is 2.88. The van der Waals surface area contributed by atoms with Crippen molar-refractivity contribution in [2.45, 2.75) is 10.6 Å². The maximum atomic E-state index is 10.9. The summed E-state index contributed by atoms with van der Waals surface area (Å²) in [6.45, 7) is 0. The zero-order valence-electron chi connectivity index (χ0n) is 11.5. The van der Waals surface area contributed by atoms with E-state index < -0.39 is 0 Å². The fraction of sp³-hybridized carbons (Fsp3) is 0.188. The molecule has 104 valence electrons. The average Bonchev–Trinajstić information content (AvgIpc) is 2.52. The summed E-state index contributed by atoms with van der Waals surface area (Å²) in [6.07, 6.45) is 0.846. The van der Waals surface area contributed by atoms with Crippen LogP contribution in [0.1, 0.15) is 15.9 Å². The Hall–Kier alpha value is -1.94. The van der Waals surface area contributed by atoms with Crippen molar-refractivity contribution in [2.24, 2.45) is 0 Å². The Kier molecular flexibility index (Phi) is 5.07. The Morgan fingerprint density at radius 2 is 1.95 bits per heavy atom. The maximum absolute atomic E-state index is 10.9. The molecule has 0 fully saturated rings. The fourth-order valence-electron chi connectivity index (χ4n) is 1.84. The highest BCUT2D eigenvalue weighted by atomic mass is 32.2. The number of benzene rings is 2. The topological polar surface area (TPSA) is 35.5 Å². The predicted molar refractivity (Wildman–Crippen MR) is 80.9 cm³/mol. The van der Waals surface area contributed by atoms with Crippen molar-refractivity contribution in [3.63, 3.8) is 0 Å². The van der Waals surface area contributed by atoms with Crippen LogP contribution in [0.2, 0.25) is 0 Å². The Morgan fingerprint density at radius 3 is 2.65 bits per heavy atom. The molecule has 0 amide bonds. The van der Waals surface area contributed by atoms with Gasteiger partial charge in [0.1, 0.15) is 17.8 Å². The molecular formula is C16H16O3S. The molecule has 0 radical (unpaired) electrons. The highest BCUT2D eigenvalue weighted by molar-refractivity contribution is 7.98. The lowest BCUT2D eigenvalue weighted by Crippen LogP contribution is -1.92. The molecule has 0 heterocycles. The van der Waals surface area contributed by atoms with Gasteiger partial charge in [-0.2, -0.15) is 0 Å². The SMILES string of the molecule is COc1cccc(SCc2cc(C=O)ccc2OC)c1. The third-order valence-corrected chi connectivity index (χ3v) is 3.92. The molecule has 2 aromatic rings. The van der Waals surface area contributed by atoms with Gasteiger partial charge >= 0.3 is 0 Å². The predicted octanol–water partition coefficient (Wildman–Crippen LogP) is 3.81. The fourth-order valence-corrected chi connectivity index (χ4v) is 2.76. The number of methoxy groups -OCH3 is 2.